The van der Waals surface area contributed by atoms with Gasteiger partial charge in [-0.2, -0.15) is 0 Å². The molecular formula is C15H26O. The normalized spacial score (nSPS) is 12.1. The molecule has 1 aromatic carbocycles. The largest absolute Gasteiger partial charge is 0.507 e. The fourth-order valence-electron chi connectivity index (χ4n) is 1.75. The first kappa shape index (κ1) is 15.0. The highest BCUT2D eigenvalue weighted by Crippen LogP contribution is 2.38. The molecule has 16 heavy (non-hydrogen) atoms. The molecule has 0 bridgehead atoms. The monoisotopic (exact) mass is 222 g/mol. The Labute approximate surface area is 101 Å². The van der Waals surface area contributed by atoms with E-state index in [1.165, 1.54) is 0 Å². The molecule has 92 valence electrons. The van der Waals surface area contributed by atoms with Crippen molar-refractivity contribution in [1.29, 1.82) is 0 Å². The molecule has 0 aliphatic heterocycles. The summed E-state index contributed by atoms with van der Waals surface area (Å²) in [5.74, 6) is 0.456. The van der Waals surface area contributed by atoms with Gasteiger partial charge in [-0.3, -0.25) is 0 Å². The van der Waals surface area contributed by atoms with Crippen molar-refractivity contribution >= 4 is 0 Å². The third kappa shape index (κ3) is 3.01. The Hall–Kier alpha value is -0.980. The number of phenols is 1. The Morgan fingerprint density at radius 1 is 0.812 bits per heavy atom. The van der Waals surface area contributed by atoms with Gasteiger partial charge in [0.2, 0.25) is 0 Å². The SMILES string of the molecule is C.CC(C)(C)c1cccc(C(C)(C)C)c1O. The van der Waals surface area contributed by atoms with Crippen LogP contribution in [0.15, 0.2) is 18.2 Å². The third-order valence-corrected chi connectivity index (χ3v) is 2.65. The van der Waals surface area contributed by atoms with E-state index in [0.717, 1.165) is 11.1 Å². The first-order chi connectivity index (χ1) is 6.64. The molecule has 0 aliphatic carbocycles. The van der Waals surface area contributed by atoms with E-state index in [0.29, 0.717) is 5.75 Å². The average Bonchev–Trinajstić information content (AvgIpc) is 1.99. The minimum atomic E-state index is -0.00859. The Morgan fingerprint density at radius 3 is 1.38 bits per heavy atom. The zero-order chi connectivity index (χ0) is 11.9. The Balaban J connectivity index is 0.00000225. The highest BCUT2D eigenvalue weighted by atomic mass is 16.3. The molecule has 0 unspecified atom stereocenters. The van der Waals surface area contributed by atoms with Gasteiger partial charge in [0, 0.05) is 0 Å². The van der Waals surface area contributed by atoms with Crippen LogP contribution in [0, 0.1) is 0 Å². The molecule has 1 nitrogen and oxygen atoms in total. The lowest BCUT2D eigenvalue weighted by atomic mass is 9.80. The molecule has 0 saturated heterocycles. The van der Waals surface area contributed by atoms with Gasteiger partial charge in [0.25, 0.3) is 0 Å². The molecular weight excluding hydrogens is 196 g/mol. The summed E-state index contributed by atoms with van der Waals surface area (Å²) < 4.78 is 0. The molecule has 0 heterocycles. The zero-order valence-electron chi connectivity index (χ0n) is 10.7. The van der Waals surface area contributed by atoms with Crippen molar-refractivity contribution < 1.29 is 5.11 Å². The van der Waals surface area contributed by atoms with Crippen LogP contribution in [0.5, 0.6) is 5.75 Å². The summed E-state index contributed by atoms with van der Waals surface area (Å²) in [4.78, 5) is 0. The van der Waals surface area contributed by atoms with E-state index in [1.54, 1.807) is 0 Å². The highest BCUT2D eigenvalue weighted by Gasteiger charge is 2.24. The van der Waals surface area contributed by atoms with Gasteiger partial charge in [0.1, 0.15) is 5.75 Å². The minimum Gasteiger partial charge on any atom is -0.507 e. The summed E-state index contributed by atoms with van der Waals surface area (Å²) in [6.45, 7) is 12.7. The van der Waals surface area contributed by atoms with Crippen LogP contribution in [0.25, 0.3) is 0 Å². The lowest BCUT2D eigenvalue weighted by molar-refractivity contribution is 0.423. The molecule has 0 atom stereocenters. The van der Waals surface area contributed by atoms with E-state index < -0.39 is 0 Å². The maximum absolute atomic E-state index is 10.3. The van der Waals surface area contributed by atoms with Crippen LogP contribution in [0.1, 0.15) is 60.1 Å². The van der Waals surface area contributed by atoms with E-state index in [9.17, 15) is 5.11 Å². The summed E-state index contributed by atoms with van der Waals surface area (Å²) in [7, 11) is 0. The number of aromatic hydroxyl groups is 1. The van der Waals surface area contributed by atoms with Crippen molar-refractivity contribution in [1.82, 2.24) is 0 Å². The van der Waals surface area contributed by atoms with Crippen LogP contribution < -0.4 is 0 Å². The molecule has 0 spiro atoms. The lowest BCUT2D eigenvalue weighted by Crippen LogP contribution is -2.16. The molecule has 0 aliphatic rings. The summed E-state index contributed by atoms with van der Waals surface area (Å²) in [5, 5.41) is 10.3. The fraction of sp³-hybridized carbons (Fsp3) is 0.600. The smallest absolute Gasteiger partial charge is 0.123 e. The molecule has 0 fully saturated rings. The van der Waals surface area contributed by atoms with Crippen molar-refractivity contribution in [2.75, 3.05) is 0 Å². The summed E-state index contributed by atoms with van der Waals surface area (Å²) in [6, 6.07) is 6.04. The number of para-hydroxylation sites is 1. The topological polar surface area (TPSA) is 20.2 Å². The average molecular weight is 222 g/mol. The predicted molar refractivity (Wildman–Crippen MR) is 72.2 cm³/mol. The first-order valence-corrected chi connectivity index (χ1v) is 5.47. The van der Waals surface area contributed by atoms with Gasteiger partial charge >= 0.3 is 0 Å². The van der Waals surface area contributed by atoms with E-state index >= 15 is 0 Å². The van der Waals surface area contributed by atoms with Gasteiger partial charge in [0.15, 0.2) is 0 Å². The van der Waals surface area contributed by atoms with Crippen LogP contribution in [0.2, 0.25) is 0 Å². The summed E-state index contributed by atoms with van der Waals surface area (Å²) in [6.07, 6.45) is 0. The molecule has 1 rings (SSSR count). The Morgan fingerprint density at radius 2 is 1.12 bits per heavy atom. The molecule has 0 amide bonds. The molecule has 1 N–H and O–H groups in total. The molecule has 1 aromatic rings. The number of benzene rings is 1. The maximum atomic E-state index is 10.3. The first-order valence-electron chi connectivity index (χ1n) is 5.47. The second-order valence-corrected chi connectivity index (χ2v) is 6.20. The predicted octanol–water partition coefficient (Wildman–Crippen LogP) is 4.62. The third-order valence-electron chi connectivity index (χ3n) is 2.65. The van der Waals surface area contributed by atoms with Crippen LogP contribution in [0.4, 0.5) is 0 Å². The number of rotatable bonds is 0. The van der Waals surface area contributed by atoms with Gasteiger partial charge in [-0.05, 0) is 22.0 Å². The van der Waals surface area contributed by atoms with E-state index in [2.05, 4.69) is 41.5 Å². The summed E-state index contributed by atoms with van der Waals surface area (Å²) >= 11 is 0. The van der Waals surface area contributed by atoms with Gasteiger partial charge in [0.05, 0.1) is 0 Å². The van der Waals surface area contributed by atoms with Crippen molar-refractivity contribution in [3.63, 3.8) is 0 Å². The van der Waals surface area contributed by atoms with Crippen LogP contribution >= 0.6 is 0 Å². The second-order valence-electron chi connectivity index (χ2n) is 6.20. The summed E-state index contributed by atoms with van der Waals surface area (Å²) in [5.41, 5.74) is 2.03. The molecule has 0 saturated carbocycles. The molecule has 0 aromatic heterocycles. The number of phenolic OH excluding ortho intramolecular Hbond substituents is 1. The van der Waals surface area contributed by atoms with Crippen molar-refractivity contribution in [3.8, 4) is 5.75 Å². The van der Waals surface area contributed by atoms with E-state index in [4.69, 9.17) is 0 Å². The molecule has 1 heteroatoms. The van der Waals surface area contributed by atoms with Crippen molar-refractivity contribution in [3.05, 3.63) is 29.3 Å². The quantitative estimate of drug-likeness (QED) is 0.679. The fourth-order valence-corrected chi connectivity index (χ4v) is 1.75. The van der Waals surface area contributed by atoms with E-state index in [1.807, 2.05) is 18.2 Å². The zero-order valence-corrected chi connectivity index (χ0v) is 10.7. The van der Waals surface area contributed by atoms with Crippen LogP contribution in [-0.4, -0.2) is 5.11 Å². The van der Waals surface area contributed by atoms with Gasteiger partial charge in [-0.1, -0.05) is 67.2 Å². The maximum Gasteiger partial charge on any atom is 0.123 e. The van der Waals surface area contributed by atoms with E-state index in [-0.39, 0.29) is 18.3 Å². The van der Waals surface area contributed by atoms with Crippen molar-refractivity contribution in [2.24, 2.45) is 0 Å². The van der Waals surface area contributed by atoms with Gasteiger partial charge < -0.3 is 5.11 Å². The standard InChI is InChI=1S/C14H22O.CH4/c1-13(2,3)10-8-7-9-11(12(10)15)14(4,5)6;/h7-9,15H,1-6H3;1H4. The molecule has 0 radical (unpaired) electrons. The Bertz CT molecular complexity index is 318. The second kappa shape index (κ2) is 4.48. The number of hydrogen-bond donors (Lipinski definition) is 1. The highest BCUT2D eigenvalue weighted by molar-refractivity contribution is 5.46. The van der Waals surface area contributed by atoms with Crippen LogP contribution in [0.3, 0.4) is 0 Å². The van der Waals surface area contributed by atoms with Crippen molar-refractivity contribution in [2.45, 2.75) is 59.8 Å². The number of hydrogen-bond acceptors (Lipinski definition) is 1. The minimum absolute atomic E-state index is 0. The Kier molecular flexibility index (Phi) is 4.21. The van der Waals surface area contributed by atoms with Gasteiger partial charge in [-0.15, -0.1) is 0 Å². The van der Waals surface area contributed by atoms with Crippen LogP contribution in [-0.2, 0) is 10.8 Å². The lowest BCUT2D eigenvalue weighted by Gasteiger charge is -2.26. The van der Waals surface area contributed by atoms with Gasteiger partial charge in [-0.25, -0.2) is 0 Å².